The Hall–Kier alpha value is -5.47. The van der Waals surface area contributed by atoms with E-state index < -0.39 is 65.6 Å². The molecule has 9 amide bonds. The van der Waals surface area contributed by atoms with E-state index in [1.807, 2.05) is 91.5 Å². The van der Waals surface area contributed by atoms with Crippen molar-refractivity contribution in [1.29, 1.82) is 0 Å². The van der Waals surface area contributed by atoms with Crippen molar-refractivity contribution in [3.8, 4) is 0 Å². The minimum atomic E-state index is -0.948. The van der Waals surface area contributed by atoms with Gasteiger partial charge in [-0.2, -0.15) is 0 Å². The SMILES string of the molecule is CCCCc1ccc(CC(NC(=O)C(C)C(OC)C2CCCN2C(=O)CC(OC)C(C(C)CC)N(C)C(=O)C(NC(=O)C(C(C)C)N(C)CCCC(=O)NNC(=O)CCCCCN2C(=O)C3C(C)(CC)C3(CC)C2=O)C(C)C)C(N)=O)cc1. The molecule has 2 saturated heterocycles. The summed E-state index contributed by atoms with van der Waals surface area (Å²) in [6, 6.07) is 4.45. The van der Waals surface area contributed by atoms with E-state index in [0.29, 0.717) is 71.0 Å². The number of nitrogens with two attached hydrogens (primary N) is 1. The van der Waals surface area contributed by atoms with Crippen LogP contribution in [0.3, 0.4) is 0 Å². The highest BCUT2D eigenvalue weighted by Crippen LogP contribution is 2.76. The Morgan fingerprint density at radius 3 is 1.94 bits per heavy atom. The summed E-state index contributed by atoms with van der Waals surface area (Å²) in [7, 11) is 6.53. The molecule has 1 aliphatic carbocycles. The van der Waals surface area contributed by atoms with Crippen LogP contribution in [-0.2, 0) is 65.5 Å². The van der Waals surface area contributed by atoms with Crippen LogP contribution in [0.15, 0.2) is 24.3 Å². The van der Waals surface area contributed by atoms with Crippen LogP contribution in [-0.4, -0.2) is 163 Å². The van der Waals surface area contributed by atoms with E-state index in [0.717, 1.165) is 31.2 Å². The lowest BCUT2D eigenvalue weighted by Crippen LogP contribution is -2.60. The largest absolute Gasteiger partial charge is 0.379 e. The van der Waals surface area contributed by atoms with Crippen LogP contribution in [0.5, 0.6) is 0 Å². The number of aryl methyl sites for hydroxylation is 1. The number of unbranched alkanes of at least 4 members (excludes halogenated alkanes) is 3. The number of nitrogens with zero attached hydrogens (tertiary/aromatic N) is 4. The van der Waals surface area contributed by atoms with Crippen molar-refractivity contribution in [3.63, 3.8) is 0 Å². The van der Waals surface area contributed by atoms with Crippen LogP contribution < -0.4 is 27.2 Å². The number of likely N-dealkylation sites (N-methyl/N-ethyl adjacent to an activating group) is 2. The lowest BCUT2D eigenvalue weighted by Gasteiger charge is -2.41. The number of imide groups is 1. The molecule has 2 aliphatic heterocycles. The molecule has 6 N–H and O–H groups in total. The Kier molecular flexibility index (Phi) is 27.1. The van der Waals surface area contributed by atoms with Gasteiger partial charge in [-0.25, -0.2) is 0 Å². The number of methoxy groups -OCH3 is 2. The van der Waals surface area contributed by atoms with Gasteiger partial charge in [-0.15, -0.1) is 0 Å². The summed E-state index contributed by atoms with van der Waals surface area (Å²) < 4.78 is 12.1. The molecule has 3 fully saturated rings. The number of carbonyl (C=O) groups excluding carboxylic acids is 9. The number of likely N-dealkylation sites (tertiary alicyclic amines) is 2. The molecule has 0 aromatic heterocycles. The average Bonchev–Trinajstić information content (AvgIpc) is 1.53. The maximum atomic E-state index is 14.7. The Labute approximate surface area is 495 Å². The maximum absolute atomic E-state index is 14.7. The van der Waals surface area contributed by atoms with Crippen molar-refractivity contribution in [1.82, 2.24) is 41.1 Å². The molecule has 1 aromatic rings. The molecule has 0 spiro atoms. The van der Waals surface area contributed by atoms with Gasteiger partial charge in [0.1, 0.15) is 12.1 Å². The smallest absolute Gasteiger partial charge is 0.245 e. The van der Waals surface area contributed by atoms with Crippen molar-refractivity contribution in [2.45, 2.75) is 221 Å². The van der Waals surface area contributed by atoms with Crippen LogP contribution in [0.2, 0.25) is 0 Å². The molecule has 2 heterocycles. The van der Waals surface area contributed by atoms with Gasteiger partial charge in [0.2, 0.25) is 53.2 Å². The first-order valence-electron chi connectivity index (χ1n) is 31.0. The highest BCUT2D eigenvalue weighted by Gasteiger charge is 2.83. The molecule has 1 aromatic carbocycles. The maximum Gasteiger partial charge on any atom is 0.245 e. The average molecular weight is 1160 g/mol. The number of piperidine rings is 1. The van der Waals surface area contributed by atoms with E-state index >= 15 is 0 Å². The molecule has 20 heteroatoms. The van der Waals surface area contributed by atoms with E-state index in [2.05, 4.69) is 28.4 Å². The second-order valence-corrected chi connectivity index (χ2v) is 24.9. The fourth-order valence-electron chi connectivity index (χ4n) is 13.5. The Morgan fingerprint density at radius 1 is 0.783 bits per heavy atom. The molecular formula is C63H105N9O11. The number of amides is 9. The lowest BCUT2D eigenvalue weighted by atomic mass is 9.88. The second kappa shape index (κ2) is 32.2. The standard InChI is InChI=1S/C63H105N9O11/c1-16-20-26-43-30-32-44(33-31-43)37-45(56(64)76)65-57(77)42(10)54(83-15)46-27-24-36-71(46)50(75)38-47(82-14)53(41(9)17-2)70(13)59(79)51(39(5)6)66-58(78)52(40(7)8)69(12)34-25-29-49(74)68-67-48(73)28-22-21-23-35-72-60(80)55-62(11,18-3)63(55,19-4)61(72)81/h30-33,39-42,45-47,51-55H,16-29,34-38H2,1-15H3,(H2,64,76)(H,65,77)(H,66,78)(H,67,73)(H,68,74). The monoisotopic (exact) mass is 1160 g/mol. The Morgan fingerprint density at radius 2 is 1.41 bits per heavy atom. The van der Waals surface area contributed by atoms with Crippen LogP contribution in [0, 0.1) is 40.4 Å². The number of hydrazine groups is 1. The molecule has 4 rings (SSSR count). The van der Waals surface area contributed by atoms with Gasteiger partial charge < -0.3 is 35.6 Å². The molecule has 0 bridgehead atoms. The van der Waals surface area contributed by atoms with Crippen LogP contribution >= 0.6 is 0 Å². The van der Waals surface area contributed by atoms with Gasteiger partial charge in [0.05, 0.1) is 54.0 Å². The third kappa shape index (κ3) is 16.9. The predicted octanol–water partition coefficient (Wildman–Crippen LogP) is 5.86. The molecular weight excluding hydrogens is 1060 g/mol. The minimum absolute atomic E-state index is 0.0567. The number of carbonyl (C=O) groups is 9. The number of hydrogen-bond acceptors (Lipinski definition) is 12. The number of ether oxygens (including phenoxy) is 2. The molecule has 1 saturated carbocycles. The summed E-state index contributed by atoms with van der Waals surface area (Å²) in [6.45, 7) is 22.7. The lowest BCUT2D eigenvalue weighted by molar-refractivity contribution is -0.148. The van der Waals surface area contributed by atoms with Gasteiger partial charge in [0.25, 0.3) is 0 Å². The van der Waals surface area contributed by atoms with Crippen LogP contribution in [0.25, 0.3) is 0 Å². The molecule has 3 aliphatic rings. The zero-order valence-electron chi connectivity index (χ0n) is 53.0. The fraction of sp³-hybridized carbons (Fsp3) is 0.762. The number of rotatable bonds is 36. The van der Waals surface area contributed by atoms with Crippen molar-refractivity contribution in [2.75, 3.05) is 47.9 Å². The van der Waals surface area contributed by atoms with E-state index in [-0.39, 0.29) is 96.1 Å². The first-order valence-corrected chi connectivity index (χ1v) is 31.0. The van der Waals surface area contributed by atoms with E-state index in [9.17, 15) is 43.2 Å². The topological polar surface area (TPSA) is 259 Å². The number of benzene rings is 1. The first-order chi connectivity index (χ1) is 39.3. The first kappa shape index (κ1) is 70.0. The molecule has 12 atom stereocenters. The van der Waals surface area contributed by atoms with Gasteiger partial charge in [0.15, 0.2) is 0 Å². The normalized spacial score (nSPS) is 22.3. The molecule has 468 valence electrons. The number of nitrogens with one attached hydrogen (secondary N) is 4. The Balaban J connectivity index is 1.29. The van der Waals surface area contributed by atoms with Gasteiger partial charge in [-0.3, -0.25) is 63.8 Å². The number of hydrogen-bond donors (Lipinski definition) is 5. The zero-order valence-corrected chi connectivity index (χ0v) is 53.0. The van der Waals surface area contributed by atoms with Gasteiger partial charge in [0, 0.05) is 53.6 Å². The summed E-state index contributed by atoms with van der Waals surface area (Å²) in [6.07, 6.45) is 7.66. The van der Waals surface area contributed by atoms with Crippen molar-refractivity contribution < 1.29 is 52.6 Å². The summed E-state index contributed by atoms with van der Waals surface area (Å²) in [4.78, 5) is 128. The Bertz CT molecular complexity index is 2370. The minimum Gasteiger partial charge on any atom is -0.379 e. The summed E-state index contributed by atoms with van der Waals surface area (Å²) in [5, 5.41) is 5.92. The fourth-order valence-corrected chi connectivity index (χ4v) is 13.5. The van der Waals surface area contributed by atoms with Crippen molar-refractivity contribution in [2.24, 2.45) is 46.2 Å². The third-order valence-electron chi connectivity index (χ3n) is 18.8. The summed E-state index contributed by atoms with van der Waals surface area (Å²) in [5.41, 5.74) is 12.0. The highest BCUT2D eigenvalue weighted by molar-refractivity contribution is 6.13. The highest BCUT2D eigenvalue weighted by atomic mass is 16.5. The van der Waals surface area contributed by atoms with Gasteiger partial charge >= 0.3 is 0 Å². The quantitative estimate of drug-likeness (QED) is 0.0301. The number of fused-ring (bicyclic) bond motifs is 1. The number of primary amides is 1. The predicted molar refractivity (Wildman–Crippen MR) is 319 cm³/mol. The van der Waals surface area contributed by atoms with E-state index in [1.54, 1.807) is 30.8 Å². The van der Waals surface area contributed by atoms with Crippen molar-refractivity contribution in [3.05, 3.63) is 35.4 Å². The zero-order chi connectivity index (χ0) is 62.1. The van der Waals surface area contributed by atoms with Crippen molar-refractivity contribution >= 4 is 53.2 Å². The molecule has 83 heavy (non-hydrogen) atoms. The third-order valence-corrected chi connectivity index (χ3v) is 18.8. The summed E-state index contributed by atoms with van der Waals surface area (Å²) in [5.74, 6) is -4.39. The molecule has 0 radical (unpaired) electrons. The van der Waals surface area contributed by atoms with E-state index in [1.165, 1.54) is 24.7 Å². The van der Waals surface area contributed by atoms with E-state index in [4.69, 9.17) is 15.2 Å². The molecule has 20 nitrogen and oxygen atoms in total. The summed E-state index contributed by atoms with van der Waals surface area (Å²) >= 11 is 0. The van der Waals surface area contributed by atoms with Gasteiger partial charge in [-0.1, -0.05) is 120 Å². The van der Waals surface area contributed by atoms with Gasteiger partial charge in [-0.05, 0) is 106 Å². The van der Waals surface area contributed by atoms with Crippen LogP contribution in [0.4, 0.5) is 0 Å². The second-order valence-electron chi connectivity index (χ2n) is 24.9. The van der Waals surface area contributed by atoms with Crippen LogP contribution in [0.1, 0.15) is 177 Å². The molecule has 12 unspecified atom stereocenters.